The van der Waals surface area contributed by atoms with Gasteiger partial charge in [-0.05, 0) is 54.4 Å². The van der Waals surface area contributed by atoms with Crippen LogP contribution in [-0.4, -0.2) is 24.2 Å². The number of carbonyl (C=O) groups excluding carboxylic acids is 1. The van der Waals surface area contributed by atoms with Gasteiger partial charge in [-0.1, -0.05) is 30.3 Å². The van der Waals surface area contributed by atoms with Crippen LogP contribution in [0.1, 0.15) is 21.6 Å². The van der Waals surface area contributed by atoms with Crippen LogP contribution in [0.15, 0.2) is 72.8 Å². The van der Waals surface area contributed by atoms with E-state index in [1.165, 1.54) is 0 Å². The Morgan fingerprint density at radius 1 is 0.879 bits per heavy atom. The number of pyridine rings is 1. The molecule has 6 nitrogen and oxygen atoms in total. The van der Waals surface area contributed by atoms with Crippen LogP contribution in [0.5, 0.6) is 23.0 Å². The largest absolute Gasteiger partial charge is 0.492 e. The minimum absolute atomic E-state index is 0.0585. The van der Waals surface area contributed by atoms with E-state index < -0.39 is 0 Å². The topological polar surface area (TPSA) is 66.9 Å². The van der Waals surface area contributed by atoms with E-state index in [-0.39, 0.29) is 18.5 Å². The molecule has 0 fully saturated rings. The number of hydrogen-bond acceptors (Lipinski definition) is 6. The highest BCUT2D eigenvalue weighted by Gasteiger charge is 2.30. The molecule has 1 unspecified atom stereocenters. The molecule has 6 heteroatoms. The van der Waals surface area contributed by atoms with E-state index in [1.54, 1.807) is 12.1 Å². The third-order valence-electron chi connectivity index (χ3n) is 5.99. The molecular formula is C27H21NO5. The summed E-state index contributed by atoms with van der Waals surface area (Å²) in [4.78, 5) is 17.9. The van der Waals surface area contributed by atoms with Gasteiger partial charge >= 0.3 is 0 Å². The van der Waals surface area contributed by atoms with Gasteiger partial charge in [0.05, 0.1) is 29.3 Å². The predicted octanol–water partition coefficient (Wildman–Crippen LogP) is 4.98. The number of hydrogen-bond donors (Lipinski definition) is 0. The summed E-state index contributed by atoms with van der Waals surface area (Å²) in [6.07, 6.45) is 0.570. The van der Waals surface area contributed by atoms with Gasteiger partial charge in [0.2, 0.25) is 6.79 Å². The van der Waals surface area contributed by atoms with Crippen LogP contribution in [0.3, 0.4) is 0 Å². The first-order chi connectivity index (χ1) is 16.2. The molecule has 6 rings (SSSR count). The van der Waals surface area contributed by atoms with Gasteiger partial charge in [0, 0.05) is 5.39 Å². The molecule has 2 aliphatic heterocycles. The van der Waals surface area contributed by atoms with Crippen LogP contribution in [-0.2, 0) is 13.0 Å². The number of Topliss-reactive ketones (excluding diaryl/α,β-unsaturated/α-hetero) is 1. The van der Waals surface area contributed by atoms with Gasteiger partial charge in [-0.25, -0.2) is 4.98 Å². The lowest BCUT2D eigenvalue weighted by molar-refractivity contribution is 0.0829. The predicted molar refractivity (Wildman–Crippen MR) is 122 cm³/mol. The Hall–Kier alpha value is -4.06. The Labute approximate surface area is 190 Å². The van der Waals surface area contributed by atoms with E-state index in [1.807, 2.05) is 60.7 Å². The lowest BCUT2D eigenvalue weighted by atomic mass is 9.89. The highest BCUT2D eigenvalue weighted by Crippen LogP contribution is 2.35. The Morgan fingerprint density at radius 2 is 1.76 bits per heavy atom. The zero-order chi connectivity index (χ0) is 22.2. The van der Waals surface area contributed by atoms with Crippen LogP contribution in [0, 0.1) is 5.92 Å². The molecule has 0 radical (unpaired) electrons. The quantitative estimate of drug-likeness (QED) is 0.437. The van der Waals surface area contributed by atoms with Crippen LogP contribution in [0.25, 0.3) is 10.9 Å². The van der Waals surface area contributed by atoms with Gasteiger partial charge in [0.25, 0.3) is 0 Å². The Kier molecular flexibility index (Phi) is 4.83. The highest BCUT2D eigenvalue weighted by molar-refractivity contribution is 6.01. The molecule has 33 heavy (non-hydrogen) atoms. The van der Waals surface area contributed by atoms with E-state index in [9.17, 15) is 4.79 Å². The summed E-state index contributed by atoms with van der Waals surface area (Å²) in [6, 6.07) is 23.1. The first kappa shape index (κ1) is 19.6. The molecule has 1 atom stereocenters. The molecule has 0 saturated carbocycles. The molecule has 3 heterocycles. The maximum Gasteiger partial charge on any atom is 0.231 e. The number of aromatic nitrogens is 1. The standard InChI is InChI=1S/C27H21NO5/c29-27-19(11-17-5-9-25-26(12-17)33-16-32-25)14-31-24-10-8-21(13-22(24)27)30-15-20-7-6-18-3-1-2-4-23(18)28-20/h1-10,12-13,19H,11,14-16H2. The van der Waals surface area contributed by atoms with E-state index in [0.717, 1.165) is 33.7 Å². The molecule has 4 aromatic rings. The van der Waals surface area contributed by atoms with Gasteiger partial charge in [0.15, 0.2) is 17.3 Å². The lowest BCUT2D eigenvalue weighted by Crippen LogP contribution is -2.29. The fourth-order valence-corrected chi connectivity index (χ4v) is 4.25. The average molecular weight is 439 g/mol. The second-order valence-electron chi connectivity index (χ2n) is 8.21. The van der Waals surface area contributed by atoms with Crippen molar-refractivity contribution in [2.75, 3.05) is 13.4 Å². The highest BCUT2D eigenvalue weighted by atomic mass is 16.7. The minimum atomic E-state index is -0.268. The molecule has 0 spiro atoms. The fourth-order valence-electron chi connectivity index (χ4n) is 4.25. The number of para-hydroxylation sites is 1. The summed E-state index contributed by atoms with van der Waals surface area (Å²) < 4.78 is 22.7. The van der Waals surface area contributed by atoms with Crippen LogP contribution in [0.2, 0.25) is 0 Å². The van der Waals surface area contributed by atoms with E-state index >= 15 is 0 Å². The number of nitrogens with zero attached hydrogens (tertiary/aromatic N) is 1. The first-order valence-corrected chi connectivity index (χ1v) is 10.9. The van der Waals surface area contributed by atoms with E-state index in [2.05, 4.69) is 4.98 Å². The molecular weight excluding hydrogens is 418 g/mol. The van der Waals surface area contributed by atoms with Crippen molar-refractivity contribution in [3.8, 4) is 23.0 Å². The minimum Gasteiger partial charge on any atom is -0.492 e. The lowest BCUT2D eigenvalue weighted by Gasteiger charge is -2.24. The van der Waals surface area contributed by atoms with Gasteiger partial charge in [-0.2, -0.15) is 0 Å². The molecule has 0 N–H and O–H groups in total. The first-order valence-electron chi connectivity index (χ1n) is 10.9. The Morgan fingerprint density at radius 3 is 2.73 bits per heavy atom. The van der Waals surface area contributed by atoms with Crippen molar-refractivity contribution in [3.63, 3.8) is 0 Å². The summed E-state index contributed by atoms with van der Waals surface area (Å²) in [7, 11) is 0. The van der Waals surface area contributed by atoms with Crippen molar-refractivity contribution in [1.82, 2.24) is 4.98 Å². The molecule has 164 valence electrons. The molecule has 0 aliphatic carbocycles. The van der Waals surface area contributed by atoms with Gasteiger partial charge in [-0.3, -0.25) is 4.79 Å². The third-order valence-corrected chi connectivity index (χ3v) is 5.99. The molecule has 0 bridgehead atoms. The summed E-state index contributed by atoms with van der Waals surface area (Å²) in [5, 5.41) is 1.09. The number of ether oxygens (including phenoxy) is 4. The normalized spacial score (nSPS) is 16.4. The molecule has 0 saturated heterocycles. The number of carbonyl (C=O) groups is 1. The van der Waals surface area contributed by atoms with Crippen molar-refractivity contribution < 1.29 is 23.7 Å². The SMILES string of the molecule is O=C1c2cc(OCc3ccc4ccccc4n3)ccc2OCC1Cc1ccc2c(c1)OCO2. The van der Waals surface area contributed by atoms with Crippen molar-refractivity contribution >= 4 is 16.7 Å². The average Bonchev–Trinajstić information content (AvgIpc) is 3.32. The fraction of sp³-hybridized carbons (Fsp3) is 0.185. The van der Waals surface area contributed by atoms with Crippen molar-refractivity contribution in [2.45, 2.75) is 13.0 Å². The Balaban J connectivity index is 1.17. The zero-order valence-corrected chi connectivity index (χ0v) is 17.8. The van der Waals surface area contributed by atoms with Crippen LogP contribution in [0.4, 0.5) is 0 Å². The van der Waals surface area contributed by atoms with Crippen molar-refractivity contribution in [2.24, 2.45) is 5.92 Å². The van der Waals surface area contributed by atoms with Crippen LogP contribution < -0.4 is 18.9 Å². The second-order valence-corrected chi connectivity index (χ2v) is 8.21. The molecule has 1 aromatic heterocycles. The summed E-state index contributed by atoms with van der Waals surface area (Å²) in [5.41, 5.74) is 3.32. The number of rotatable bonds is 5. The van der Waals surface area contributed by atoms with E-state index in [4.69, 9.17) is 18.9 Å². The summed E-state index contributed by atoms with van der Waals surface area (Å²) >= 11 is 0. The molecule has 2 aliphatic rings. The number of benzene rings is 3. The van der Waals surface area contributed by atoms with Crippen molar-refractivity contribution in [3.05, 3.63) is 89.6 Å². The maximum absolute atomic E-state index is 13.2. The maximum atomic E-state index is 13.2. The number of fused-ring (bicyclic) bond motifs is 3. The van der Waals surface area contributed by atoms with Crippen molar-refractivity contribution in [1.29, 1.82) is 0 Å². The van der Waals surface area contributed by atoms with Gasteiger partial charge < -0.3 is 18.9 Å². The summed E-state index contributed by atoms with van der Waals surface area (Å²) in [6.45, 7) is 0.899. The Bertz CT molecular complexity index is 1370. The third kappa shape index (κ3) is 3.84. The molecule has 3 aromatic carbocycles. The van der Waals surface area contributed by atoms with Crippen LogP contribution >= 0.6 is 0 Å². The van der Waals surface area contributed by atoms with E-state index in [0.29, 0.717) is 36.7 Å². The molecule has 0 amide bonds. The van der Waals surface area contributed by atoms with Gasteiger partial charge in [0.1, 0.15) is 18.1 Å². The second kappa shape index (κ2) is 8.13. The smallest absolute Gasteiger partial charge is 0.231 e. The van der Waals surface area contributed by atoms with Gasteiger partial charge in [-0.15, -0.1) is 0 Å². The summed E-state index contributed by atoms with van der Waals surface area (Å²) in [5.74, 6) is 2.45. The number of ketones is 1. The monoisotopic (exact) mass is 439 g/mol. The zero-order valence-electron chi connectivity index (χ0n) is 17.8.